The van der Waals surface area contributed by atoms with Gasteiger partial charge in [0, 0.05) is 0 Å². The number of hydrogen-bond donors (Lipinski definition) is 2. The van der Waals surface area contributed by atoms with E-state index >= 15 is 0 Å². The molecule has 0 aliphatic rings. The zero-order valence-corrected chi connectivity index (χ0v) is 6.31. The smallest absolute Gasteiger partial charge is 0.164 e. The second kappa shape index (κ2) is 2.46. The van der Waals surface area contributed by atoms with Gasteiger partial charge >= 0.3 is 0 Å². The van der Waals surface area contributed by atoms with Crippen molar-refractivity contribution in [3.8, 4) is 0 Å². The van der Waals surface area contributed by atoms with Crippen molar-refractivity contribution < 1.29 is 5.11 Å². The first kappa shape index (κ1) is 7.05. The van der Waals surface area contributed by atoms with Gasteiger partial charge in [-0.2, -0.15) is 0 Å². The molecule has 5 heteroatoms. The molecular weight excluding hydrogens is 156 g/mol. The second-order valence-electron chi connectivity index (χ2n) is 2.42. The third-order valence-electron chi connectivity index (χ3n) is 1.67. The van der Waals surface area contributed by atoms with Crippen LogP contribution in [0.5, 0.6) is 0 Å². The Balaban J connectivity index is 2.83. The lowest BCUT2D eigenvalue weighted by atomic mass is 10.4. The molecule has 2 rings (SSSR count). The predicted octanol–water partition coefficient (Wildman–Crippen LogP) is -0.196. The first-order valence-corrected chi connectivity index (χ1v) is 3.52. The lowest BCUT2D eigenvalue weighted by molar-refractivity contribution is 0.270. The Bertz CT molecular complexity index is 409. The van der Waals surface area contributed by atoms with Gasteiger partial charge in [-0.1, -0.05) is 6.07 Å². The fraction of sp³-hybridized carbons (Fsp3) is 0.143. The number of nitrogens with zero attached hydrogens (tertiary/aromatic N) is 3. The summed E-state index contributed by atoms with van der Waals surface area (Å²) in [6, 6.07) is 5.30. The topological polar surface area (TPSA) is 76.4 Å². The standard InChI is InChI=1S/C7H8N4O/c8-5-2-1-3-6-9-10-7(4-12)11(5)6/h1-3,12H,4,8H2. The van der Waals surface area contributed by atoms with E-state index in [2.05, 4.69) is 10.2 Å². The molecule has 0 atom stereocenters. The first-order chi connectivity index (χ1) is 5.83. The molecule has 5 nitrogen and oxygen atoms in total. The van der Waals surface area contributed by atoms with Gasteiger partial charge in [0.05, 0.1) is 0 Å². The molecule has 0 saturated heterocycles. The highest BCUT2D eigenvalue weighted by molar-refractivity contribution is 5.47. The molecule has 3 N–H and O–H groups in total. The van der Waals surface area contributed by atoms with Crippen LogP contribution in [0.2, 0.25) is 0 Å². The lowest BCUT2D eigenvalue weighted by Gasteiger charge is -1.99. The van der Waals surface area contributed by atoms with Gasteiger partial charge in [0.15, 0.2) is 11.5 Å². The van der Waals surface area contributed by atoms with E-state index in [1.165, 1.54) is 0 Å². The summed E-state index contributed by atoms with van der Waals surface area (Å²) in [7, 11) is 0. The van der Waals surface area contributed by atoms with Gasteiger partial charge in [-0.15, -0.1) is 10.2 Å². The molecule has 0 radical (unpaired) electrons. The monoisotopic (exact) mass is 164 g/mol. The van der Waals surface area contributed by atoms with Crippen LogP contribution in [-0.4, -0.2) is 19.7 Å². The van der Waals surface area contributed by atoms with E-state index in [9.17, 15) is 0 Å². The van der Waals surface area contributed by atoms with Gasteiger partial charge in [-0.25, -0.2) is 0 Å². The number of aliphatic hydroxyl groups is 1. The first-order valence-electron chi connectivity index (χ1n) is 3.52. The molecule has 0 unspecified atom stereocenters. The third-order valence-corrected chi connectivity index (χ3v) is 1.67. The summed E-state index contributed by atoms with van der Waals surface area (Å²) in [5.41, 5.74) is 6.30. The van der Waals surface area contributed by atoms with E-state index < -0.39 is 0 Å². The Kier molecular flexibility index (Phi) is 1.44. The Labute approximate surface area is 68.5 Å². The van der Waals surface area contributed by atoms with Gasteiger partial charge in [-0.05, 0) is 12.1 Å². The van der Waals surface area contributed by atoms with Crippen molar-refractivity contribution in [2.45, 2.75) is 6.61 Å². The van der Waals surface area contributed by atoms with Crippen LogP contribution in [0.3, 0.4) is 0 Å². The van der Waals surface area contributed by atoms with Gasteiger partial charge in [0.25, 0.3) is 0 Å². The minimum atomic E-state index is -0.157. The molecule has 2 heterocycles. The van der Waals surface area contributed by atoms with E-state index in [0.29, 0.717) is 17.3 Å². The fourth-order valence-electron chi connectivity index (χ4n) is 1.13. The Morgan fingerprint density at radius 1 is 1.42 bits per heavy atom. The molecule has 0 aromatic carbocycles. The van der Waals surface area contributed by atoms with E-state index in [0.717, 1.165) is 0 Å². The number of aromatic nitrogens is 3. The molecule has 0 bridgehead atoms. The van der Waals surface area contributed by atoms with E-state index in [1.807, 2.05) is 0 Å². The molecule has 12 heavy (non-hydrogen) atoms. The molecule has 0 saturated carbocycles. The van der Waals surface area contributed by atoms with Crippen LogP contribution in [0.25, 0.3) is 5.65 Å². The van der Waals surface area contributed by atoms with Crippen LogP contribution < -0.4 is 5.73 Å². The minimum Gasteiger partial charge on any atom is -0.388 e. The SMILES string of the molecule is Nc1cccc2nnc(CO)n12. The van der Waals surface area contributed by atoms with E-state index in [1.54, 1.807) is 22.6 Å². The van der Waals surface area contributed by atoms with Crippen molar-refractivity contribution in [2.75, 3.05) is 5.73 Å². The van der Waals surface area contributed by atoms with E-state index in [4.69, 9.17) is 10.8 Å². The minimum absolute atomic E-state index is 0.157. The maximum absolute atomic E-state index is 8.87. The summed E-state index contributed by atoms with van der Waals surface area (Å²) >= 11 is 0. The number of rotatable bonds is 1. The van der Waals surface area contributed by atoms with Crippen molar-refractivity contribution >= 4 is 11.5 Å². The Morgan fingerprint density at radius 3 is 3.00 bits per heavy atom. The van der Waals surface area contributed by atoms with Gasteiger partial charge in [0.2, 0.25) is 0 Å². The van der Waals surface area contributed by atoms with Crippen molar-refractivity contribution in [1.29, 1.82) is 0 Å². The molecule has 0 aliphatic carbocycles. The van der Waals surface area contributed by atoms with Crippen molar-refractivity contribution in [3.05, 3.63) is 24.0 Å². The molecule has 0 amide bonds. The normalized spacial score (nSPS) is 10.8. The van der Waals surface area contributed by atoms with Gasteiger partial charge in [0.1, 0.15) is 12.4 Å². The number of nitrogen functional groups attached to an aromatic ring is 1. The lowest BCUT2D eigenvalue weighted by Crippen LogP contribution is -2.00. The summed E-state index contributed by atoms with van der Waals surface area (Å²) < 4.78 is 1.61. The molecule has 62 valence electrons. The third kappa shape index (κ3) is 0.835. The number of nitrogens with two attached hydrogens (primary N) is 1. The number of anilines is 1. The average molecular weight is 164 g/mol. The number of fused-ring (bicyclic) bond motifs is 1. The number of pyridine rings is 1. The fourth-order valence-corrected chi connectivity index (χ4v) is 1.13. The summed E-state index contributed by atoms with van der Waals surface area (Å²) in [5.74, 6) is 0.990. The summed E-state index contributed by atoms with van der Waals surface area (Å²) in [6.07, 6.45) is 0. The molecule has 2 aromatic heterocycles. The Morgan fingerprint density at radius 2 is 2.25 bits per heavy atom. The van der Waals surface area contributed by atoms with Crippen molar-refractivity contribution in [2.24, 2.45) is 0 Å². The maximum atomic E-state index is 8.87. The summed E-state index contributed by atoms with van der Waals surface area (Å²) in [4.78, 5) is 0. The molecule has 0 fully saturated rings. The highest BCUT2D eigenvalue weighted by atomic mass is 16.3. The van der Waals surface area contributed by atoms with Gasteiger partial charge < -0.3 is 10.8 Å². The number of hydrogen-bond acceptors (Lipinski definition) is 4. The predicted molar refractivity (Wildman–Crippen MR) is 43.3 cm³/mol. The maximum Gasteiger partial charge on any atom is 0.164 e. The van der Waals surface area contributed by atoms with Gasteiger partial charge in [-0.3, -0.25) is 4.40 Å². The molecule has 0 aliphatic heterocycles. The van der Waals surface area contributed by atoms with Crippen molar-refractivity contribution in [3.63, 3.8) is 0 Å². The van der Waals surface area contributed by atoms with Crippen LogP contribution in [0.4, 0.5) is 5.82 Å². The van der Waals surface area contributed by atoms with Crippen molar-refractivity contribution in [1.82, 2.24) is 14.6 Å². The highest BCUT2D eigenvalue weighted by Gasteiger charge is 2.04. The molecular formula is C7H8N4O. The summed E-state index contributed by atoms with van der Waals surface area (Å²) in [6.45, 7) is -0.157. The summed E-state index contributed by atoms with van der Waals surface area (Å²) in [5, 5.41) is 16.5. The van der Waals surface area contributed by atoms with Crippen LogP contribution in [0.1, 0.15) is 5.82 Å². The highest BCUT2D eigenvalue weighted by Crippen LogP contribution is 2.09. The average Bonchev–Trinajstić information content (AvgIpc) is 2.49. The molecule has 0 spiro atoms. The molecule has 2 aromatic rings. The zero-order chi connectivity index (χ0) is 8.55. The van der Waals surface area contributed by atoms with E-state index in [-0.39, 0.29) is 6.61 Å². The zero-order valence-electron chi connectivity index (χ0n) is 6.31. The van der Waals surface area contributed by atoms with Crippen LogP contribution in [0.15, 0.2) is 18.2 Å². The number of aliphatic hydroxyl groups excluding tert-OH is 1. The second-order valence-corrected chi connectivity index (χ2v) is 2.42. The van der Waals surface area contributed by atoms with Crippen LogP contribution in [0, 0.1) is 0 Å². The Hall–Kier alpha value is -1.62. The largest absolute Gasteiger partial charge is 0.388 e. The quantitative estimate of drug-likeness (QED) is 0.612. The van der Waals surface area contributed by atoms with Crippen LogP contribution >= 0.6 is 0 Å². The van der Waals surface area contributed by atoms with Crippen LogP contribution in [-0.2, 0) is 6.61 Å².